The van der Waals surface area contributed by atoms with Crippen LogP contribution in [0, 0.1) is 5.92 Å². The van der Waals surface area contributed by atoms with E-state index in [2.05, 4.69) is 0 Å². The third-order valence-corrected chi connectivity index (χ3v) is 4.12. The maximum atomic E-state index is 12.6. The van der Waals surface area contributed by atoms with Crippen LogP contribution >= 0.6 is 0 Å². The monoisotopic (exact) mass is 314 g/mol. The van der Waals surface area contributed by atoms with Gasteiger partial charge in [-0.1, -0.05) is 0 Å². The lowest BCUT2D eigenvalue weighted by atomic mass is 9.93. The van der Waals surface area contributed by atoms with Gasteiger partial charge in [0.1, 0.15) is 11.9 Å². The van der Waals surface area contributed by atoms with Gasteiger partial charge < -0.3 is 18.9 Å². The van der Waals surface area contributed by atoms with Gasteiger partial charge in [0, 0.05) is 19.4 Å². The van der Waals surface area contributed by atoms with E-state index in [0.29, 0.717) is 19.4 Å². The van der Waals surface area contributed by atoms with Gasteiger partial charge in [-0.05, 0) is 48.0 Å². The molecule has 0 radical (unpaired) electrons. The third kappa shape index (κ3) is 4.07. The maximum Gasteiger partial charge on any atom is 0.163 e. The summed E-state index contributed by atoms with van der Waals surface area (Å²) in [6.45, 7) is 12.2. The minimum atomic E-state index is -0.683. The zero-order valence-corrected chi connectivity index (χ0v) is 14.9. The van der Waals surface area contributed by atoms with Crippen LogP contribution in [-0.4, -0.2) is 48.7 Å². The largest absolute Gasteiger partial charge is 0.382 e. The molecular weight excluding hydrogens is 284 g/mol. The summed E-state index contributed by atoms with van der Waals surface area (Å²) in [6, 6.07) is 0. The first-order valence-corrected chi connectivity index (χ1v) is 8.02. The second-order valence-electron chi connectivity index (χ2n) is 8.21. The van der Waals surface area contributed by atoms with Crippen LogP contribution in [0.5, 0.6) is 0 Å². The number of ketones is 1. The van der Waals surface area contributed by atoms with Crippen molar-refractivity contribution in [3.8, 4) is 0 Å². The minimum absolute atomic E-state index is 0.194. The van der Waals surface area contributed by atoms with Crippen molar-refractivity contribution >= 4 is 5.78 Å². The van der Waals surface area contributed by atoms with Gasteiger partial charge in [-0.2, -0.15) is 0 Å². The number of hydrogen-bond acceptors (Lipinski definition) is 5. The van der Waals surface area contributed by atoms with Crippen LogP contribution in [-0.2, 0) is 23.7 Å². The third-order valence-electron chi connectivity index (χ3n) is 4.12. The first-order valence-electron chi connectivity index (χ1n) is 8.02. The highest BCUT2D eigenvalue weighted by atomic mass is 16.8. The summed E-state index contributed by atoms with van der Waals surface area (Å²) in [5.74, 6) is -0.689. The van der Waals surface area contributed by atoms with Crippen LogP contribution in [0.3, 0.4) is 0 Å². The Labute approximate surface area is 133 Å². The van der Waals surface area contributed by atoms with E-state index >= 15 is 0 Å². The number of carbonyl (C=O) groups is 1. The Kier molecular flexibility index (Phi) is 4.75. The molecule has 0 N–H and O–H groups in total. The van der Waals surface area contributed by atoms with E-state index in [1.165, 1.54) is 0 Å². The molecule has 0 aromatic carbocycles. The van der Waals surface area contributed by atoms with Gasteiger partial charge in [0.15, 0.2) is 5.79 Å². The van der Waals surface area contributed by atoms with Crippen molar-refractivity contribution < 1.29 is 23.7 Å². The lowest BCUT2D eigenvalue weighted by molar-refractivity contribution is -0.156. The van der Waals surface area contributed by atoms with Gasteiger partial charge >= 0.3 is 0 Å². The van der Waals surface area contributed by atoms with Crippen molar-refractivity contribution in [3.63, 3.8) is 0 Å². The van der Waals surface area contributed by atoms with Crippen molar-refractivity contribution in [2.45, 2.75) is 83.6 Å². The van der Waals surface area contributed by atoms with Crippen molar-refractivity contribution in [2.75, 3.05) is 13.7 Å². The molecule has 4 atom stereocenters. The molecule has 4 unspecified atom stereocenters. The van der Waals surface area contributed by atoms with Crippen LogP contribution in [0.2, 0.25) is 0 Å². The average Bonchev–Trinajstić information content (AvgIpc) is 2.73. The van der Waals surface area contributed by atoms with E-state index in [0.717, 1.165) is 0 Å². The molecule has 2 aliphatic rings. The summed E-state index contributed by atoms with van der Waals surface area (Å²) < 4.78 is 23.3. The maximum absolute atomic E-state index is 12.6. The van der Waals surface area contributed by atoms with Crippen molar-refractivity contribution in [2.24, 2.45) is 5.92 Å². The zero-order chi connectivity index (χ0) is 16.8. The second-order valence-corrected chi connectivity index (χ2v) is 8.21. The van der Waals surface area contributed by atoms with E-state index in [4.69, 9.17) is 18.9 Å². The number of rotatable bonds is 4. The topological polar surface area (TPSA) is 54.0 Å². The fraction of sp³-hybridized carbons (Fsp3) is 0.941. The van der Waals surface area contributed by atoms with Crippen LogP contribution in [0.4, 0.5) is 0 Å². The zero-order valence-electron chi connectivity index (χ0n) is 14.9. The highest BCUT2D eigenvalue weighted by Gasteiger charge is 2.53. The molecule has 1 aliphatic carbocycles. The first kappa shape index (κ1) is 17.9. The molecular formula is C17H30O5. The van der Waals surface area contributed by atoms with Crippen LogP contribution in [0.1, 0.15) is 54.4 Å². The Morgan fingerprint density at radius 2 is 1.86 bits per heavy atom. The number of Topliss-reactive ketones (excluding diaryl/α,β-unsaturated/α-hetero) is 1. The van der Waals surface area contributed by atoms with E-state index in [9.17, 15) is 4.79 Å². The van der Waals surface area contributed by atoms with E-state index in [-0.39, 0.29) is 29.5 Å². The summed E-state index contributed by atoms with van der Waals surface area (Å²) in [5, 5.41) is 0. The molecule has 0 amide bonds. The molecule has 22 heavy (non-hydrogen) atoms. The Hall–Kier alpha value is -0.490. The van der Waals surface area contributed by atoms with Crippen LogP contribution in [0.15, 0.2) is 0 Å². The van der Waals surface area contributed by atoms with Gasteiger partial charge in [-0.3, -0.25) is 4.79 Å². The highest BCUT2D eigenvalue weighted by Crippen LogP contribution is 2.44. The number of ether oxygens (including phenoxy) is 4. The van der Waals surface area contributed by atoms with Crippen molar-refractivity contribution in [1.82, 2.24) is 0 Å². The molecule has 5 heteroatoms. The molecule has 1 heterocycles. The minimum Gasteiger partial charge on any atom is -0.382 e. The molecule has 1 aliphatic heterocycles. The standard InChI is InChI=1S/C17H30O5/c1-15(2,3)22-17(6)8-11(12(18)9-17)14-13(10-19-7)20-16(4,5)21-14/h11,13-14H,8-10H2,1-7H3. The molecule has 2 fully saturated rings. The van der Waals surface area contributed by atoms with Gasteiger partial charge in [-0.15, -0.1) is 0 Å². The van der Waals surface area contributed by atoms with Crippen LogP contribution < -0.4 is 0 Å². The molecule has 1 saturated heterocycles. The molecule has 0 aromatic rings. The summed E-state index contributed by atoms with van der Waals surface area (Å²) in [5.41, 5.74) is -0.712. The smallest absolute Gasteiger partial charge is 0.163 e. The summed E-state index contributed by atoms with van der Waals surface area (Å²) in [4.78, 5) is 12.6. The molecule has 0 spiro atoms. The summed E-state index contributed by atoms with van der Waals surface area (Å²) >= 11 is 0. The molecule has 1 saturated carbocycles. The van der Waals surface area contributed by atoms with Gasteiger partial charge in [0.05, 0.1) is 23.9 Å². The Morgan fingerprint density at radius 3 is 2.41 bits per heavy atom. The van der Waals surface area contributed by atoms with E-state index < -0.39 is 11.4 Å². The summed E-state index contributed by atoms with van der Waals surface area (Å²) in [7, 11) is 1.63. The van der Waals surface area contributed by atoms with Gasteiger partial charge in [-0.25, -0.2) is 0 Å². The Balaban J connectivity index is 2.13. The molecule has 2 rings (SSSR count). The lowest BCUT2D eigenvalue weighted by Crippen LogP contribution is -2.38. The number of carbonyl (C=O) groups excluding carboxylic acids is 1. The Morgan fingerprint density at radius 1 is 1.23 bits per heavy atom. The Bertz CT molecular complexity index is 425. The van der Waals surface area contributed by atoms with Crippen molar-refractivity contribution in [3.05, 3.63) is 0 Å². The van der Waals surface area contributed by atoms with Gasteiger partial charge in [0.2, 0.25) is 0 Å². The van der Waals surface area contributed by atoms with Gasteiger partial charge in [0.25, 0.3) is 0 Å². The van der Waals surface area contributed by atoms with E-state index in [1.54, 1.807) is 7.11 Å². The lowest BCUT2D eigenvalue weighted by Gasteiger charge is -2.33. The van der Waals surface area contributed by atoms with E-state index in [1.807, 2.05) is 41.5 Å². The fourth-order valence-corrected chi connectivity index (χ4v) is 3.76. The normalized spacial score (nSPS) is 38.7. The highest BCUT2D eigenvalue weighted by molar-refractivity contribution is 5.85. The second kappa shape index (κ2) is 5.86. The molecule has 5 nitrogen and oxygen atoms in total. The first-order chi connectivity index (χ1) is 9.95. The fourth-order valence-electron chi connectivity index (χ4n) is 3.76. The molecule has 0 bridgehead atoms. The predicted octanol–water partition coefficient (Wildman–Crippen LogP) is 2.71. The molecule has 128 valence electrons. The number of hydrogen-bond donors (Lipinski definition) is 0. The average molecular weight is 314 g/mol. The SMILES string of the molecule is COCC1OC(C)(C)OC1C1CC(C)(OC(C)(C)C)CC1=O. The quantitative estimate of drug-likeness (QED) is 0.798. The summed E-state index contributed by atoms with van der Waals surface area (Å²) in [6.07, 6.45) is 0.598. The number of methoxy groups -OCH3 is 1. The van der Waals surface area contributed by atoms with Crippen LogP contribution in [0.25, 0.3) is 0 Å². The van der Waals surface area contributed by atoms with Crippen molar-refractivity contribution in [1.29, 1.82) is 0 Å². The molecule has 0 aromatic heterocycles. The predicted molar refractivity (Wildman–Crippen MR) is 82.7 cm³/mol.